The van der Waals surface area contributed by atoms with E-state index in [1.54, 1.807) is 0 Å². The zero-order chi connectivity index (χ0) is 13.2. The van der Waals surface area contributed by atoms with Gasteiger partial charge in [0.15, 0.2) is 0 Å². The Morgan fingerprint density at radius 1 is 1.11 bits per heavy atom. The molecule has 0 atom stereocenters. The minimum Gasteiger partial charge on any atom is -0.381 e. The lowest BCUT2D eigenvalue weighted by Crippen LogP contribution is -2.27. The molecule has 0 unspecified atom stereocenters. The zero-order valence-corrected chi connectivity index (χ0v) is 12.1. The van der Waals surface area contributed by atoms with Crippen molar-refractivity contribution in [2.45, 2.75) is 44.4 Å². The van der Waals surface area contributed by atoms with E-state index in [0.29, 0.717) is 11.8 Å². The van der Waals surface area contributed by atoms with E-state index in [9.17, 15) is 0 Å². The molecule has 1 N–H and O–H groups in total. The number of hydrogen-bond acceptors (Lipinski definition) is 3. The molecule has 2 aliphatic heterocycles. The molecular weight excluding hydrogens is 238 g/mol. The molecular formula is C15H25N3O. The maximum absolute atomic E-state index is 5.49. The first-order valence-corrected chi connectivity index (χ1v) is 7.59. The first kappa shape index (κ1) is 13.1. The highest BCUT2D eigenvalue weighted by atomic mass is 16.5. The van der Waals surface area contributed by atoms with Crippen LogP contribution in [-0.2, 0) is 11.8 Å². The molecule has 4 heteroatoms. The van der Waals surface area contributed by atoms with E-state index in [1.165, 1.54) is 29.8 Å². The molecule has 0 spiro atoms. The summed E-state index contributed by atoms with van der Waals surface area (Å²) in [5.74, 6) is 1.29. The first-order chi connectivity index (χ1) is 9.27. The smallest absolute Gasteiger partial charge is 0.0688 e. The van der Waals surface area contributed by atoms with Gasteiger partial charge in [0, 0.05) is 37.8 Å². The number of rotatable bonds is 2. The van der Waals surface area contributed by atoms with Gasteiger partial charge in [-0.15, -0.1) is 0 Å². The molecule has 19 heavy (non-hydrogen) atoms. The van der Waals surface area contributed by atoms with E-state index in [-0.39, 0.29) is 0 Å². The SMILES string of the molecule is Cc1c(C2CCNCC2)nn(C)c1C1CCOCC1. The second-order valence-corrected chi connectivity index (χ2v) is 5.93. The highest BCUT2D eigenvalue weighted by Crippen LogP contribution is 2.34. The number of aromatic nitrogens is 2. The van der Waals surface area contributed by atoms with Crippen LogP contribution in [-0.4, -0.2) is 36.1 Å². The van der Waals surface area contributed by atoms with Gasteiger partial charge in [-0.05, 0) is 51.3 Å². The van der Waals surface area contributed by atoms with Crippen molar-refractivity contribution in [3.05, 3.63) is 17.0 Å². The van der Waals surface area contributed by atoms with E-state index in [1.807, 2.05) is 0 Å². The minimum atomic E-state index is 0.640. The van der Waals surface area contributed by atoms with Crippen molar-refractivity contribution >= 4 is 0 Å². The van der Waals surface area contributed by atoms with Gasteiger partial charge in [-0.2, -0.15) is 5.10 Å². The molecule has 106 valence electrons. The van der Waals surface area contributed by atoms with Gasteiger partial charge in [0.2, 0.25) is 0 Å². The highest BCUT2D eigenvalue weighted by molar-refractivity contribution is 5.31. The molecule has 3 rings (SSSR count). The first-order valence-electron chi connectivity index (χ1n) is 7.59. The lowest BCUT2D eigenvalue weighted by Gasteiger charge is -2.24. The summed E-state index contributed by atoms with van der Waals surface area (Å²) < 4.78 is 7.63. The van der Waals surface area contributed by atoms with Crippen molar-refractivity contribution < 1.29 is 4.74 Å². The molecule has 2 aliphatic rings. The monoisotopic (exact) mass is 263 g/mol. The minimum absolute atomic E-state index is 0.640. The number of nitrogens with one attached hydrogen (secondary N) is 1. The van der Waals surface area contributed by atoms with Crippen LogP contribution in [0.1, 0.15) is 54.5 Å². The van der Waals surface area contributed by atoms with Crippen molar-refractivity contribution in [3.8, 4) is 0 Å². The van der Waals surface area contributed by atoms with Crippen LogP contribution in [0.4, 0.5) is 0 Å². The van der Waals surface area contributed by atoms with Gasteiger partial charge in [-0.3, -0.25) is 4.68 Å². The normalized spacial score (nSPS) is 22.8. The molecule has 0 amide bonds. The van der Waals surface area contributed by atoms with Crippen LogP contribution in [0.2, 0.25) is 0 Å². The van der Waals surface area contributed by atoms with Crippen molar-refractivity contribution in [1.29, 1.82) is 0 Å². The molecule has 1 aromatic heterocycles. The van der Waals surface area contributed by atoms with Gasteiger partial charge in [-0.25, -0.2) is 0 Å². The summed E-state index contributed by atoms with van der Waals surface area (Å²) in [4.78, 5) is 0. The van der Waals surface area contributed by atoms with Gasteiger partial charge in [0.05, 0.1) is 5.69 Å². The standard InChI is InChI=1S/C15H25N3O/c1-11-14(12-3-7-16-8-4-12)17-18(2)15(11)13-5-9-19-10-6-13/h12-13,16H,3-10H2,1-2H3. The summed E-state index contributed by atoms with van der Waals surface area (Å²) in [5, 5.41) is 8.29. The molecule has 3 heterocycles. The van der Waals surface area contributed by atoms with Gasteiger partial charge in [-0.1, -0.05) is 0 Å². The lowest BCUT2D eigenvalue weighted by atomic mass is 9.88. The Morgan fingerprint density at radius 3 is 2.47 bits per heavy atom. The van der Waals surface area contributed by atoms with Crippen LogP contribution in [0.5, 0.6) is 0 Å². The number of ether oxygens (including phenoxy) is 1. The summed E-state index contributed by atoms with van der Waals surface area (Å²) in [6.45, 7) is 6.34. The summed E-state index contributed by atoms with van der Waals surface area (Å²) in [7, 11) is 2.11. The average Bonchev–Trinajstić information content (AvgIpc) is 2.76. The van der Waals surface area contributed by atoms with E-state index in [2.05, 4.69) is 24.0 Å². The number of aryl methyl sites for hydroxylation is 1. The molecule has 4 nitrogen and oxygen atoms in total. The van der Waals surface area contributed by atoms with E-state index >= 15 is 0 Å². The van der Waals surface area contributed by atoms with Crippen LogP contribution in [0, 0.1) is 6.92 Å². The molecule has 2 fully saturated rings. The Bertz CT molecular complexity index is 429. The highest BCUT2D eigenvalue weighted by Gasteiger charge is 2.27. The second-order valence-electron chi connectivity index (χ2n) is 5.93. The maximum atomic E-state index is 5.49. The fourth-order valence-corrected chi connectivity index (χ4v) is 3.69. The van der Waals surface area contributed by atoms with E-state index in [0.717, 1.165) is 39.1 Å². The quantitative estimate of drug-likeness (QED) is 0.888. The van der Waals surface area contributed by atoms with Crippen LogP contribution in [0.25, 0.3) is 0 Å². The van der Waals surface area contributed by atoms with E-state index in [4.69, 9.17) is 9.84 Å². The van der Waals surface area contributed by atoms with E-state index < -0.39 is 0 Å². The van der Waals surface area contributed by atoms with Crippen LogP contribution < -0.4 is 5.32 Å². The maximum Gasteiger partial charge on any atom is 0.0688 e. The largest absolute Gasteiger partial charge is 0.381 e. The third-order valence-corrected chi connectivity index (χ3v) is 4.71. The van der Waals surface area contributed by atoms with Gasteiger partial charge < -0.3 is 10.1 Å². The van der Waals surface area contributed by atoms with Gasteiger partial charge >= 0.3 is 0 Å². The third kappa shape index (κ3) is 2.56. The molecule has 0 aliphatic carbocycles. The molecule has 0 bridgehead atoms. The number of nitrogens with zero attached hydrogens (tertiary/aromatic N) is 2. The molecule has 0 saturated carbocycles. The summed E-state index contributed by atoms with van der Waals surface area (Å²) in [5.41, 5.74) is 4.25. The summed E-state index contributed by atoms with van der Waals surface area (Å²) in [6, 6.07) is 0. The van der Waals surface area contributed by atoms with Gasteiger partial charge in [0.1, 0.15) is 0 Å². The Kier molecular flexibility index (Phi) is 3.89. The van der Waals surface area contributed by atoms with Crippen LogP contribution in [0.15, 0.2) is 0 Å². The van der Waals surface area contributed by atoms with Crippen LogP contribution in [0.3, 0.4) is 0 Å². The number of piperidine rings is 1. The van der Waals surface area contributed by atoms with Gasteiger partial charge in [0.25, 0.3) is 0 Å². The van der Waals surface area contributed by atoms with Crippen molar-refractivity contribution in [2.24, 2.45) is 7.05 Å². The second kappa shape index (κ2) is 5.63. The lowest BCUT2D eigenvalue weighted by molar-refractivity contribution is 0.0836. The van der Waals surface area contributed by atoms with Crippen molar-refractivity contribution in [2.75, 3.05) is 26.3 Å². The zero-order valence-electron chi connectivity index (χ0n) is 12.1. The summed E-state index contributed by atoms with van der Waals surface area (Å²) >= 11 is 0. The summed E-state index contributed by atoms with van der Waals surface area (Å²) in [6.07, 6.45) is 4.74. The van der Waals surface area contributed by atoms with Crippen molar-refractivity contribution in [3.63, 3.8) is 0 Å². The third-order valence-electron chi connectivity index (χ3n) is 4.71. The Hall–Kier alpha value is -0.870. The Balaban J connectivity index is 1.86. The average molecular weight is 263 g/mol. The Morgan fingerprint density at radius 2 is 1.79 bits per heavy atom. The molecule has 1 aromatic rings. The van der Waals surface area contributed by atoms with Crippen LogP contribution >= 0.6 is 0 Å². The predicted molar refractivity (Wildman–Crippen MR) is 75.6 cm³/mol. The number of hydrogen-bond donors (Lipinski definition) is 1. The topological polar surface area (TPSA) is 39.1 Å². The van der Waals surface area contributed by atoms with Crippen molar-refractivity contribution in [1.82, 2.24) is 15.1 Å². The fraction of sp³-hybridized carbons (Fsp3) is 0.800. The predicted octanol–water partition coefficient (Wildman–Crippen LogP) is 2.09. The molecule has 0 aromatic carbocycles. The molecule has 0 radical (unpaired) electrons. The molecule has 2 saturated heterocycles. The fourth-order valence-electron chi connectivity index (χ4n) is 3.69. The Labute approximate surface area is 115 Å².